The van der Waals surface area contributed by atoms with Crippen LogP contribution >= 0.6 is 12.4 Å². The number of hydrogen-bond donors (Lipinski definition) is 1. The number of ether oxygens (including phenoxy) is 1. The molecular weight excluding hydrogens is 354 g/mol. The van der Waals surface area contributed by atoms with E-state index in [0.717, 1.165) is 11.4 Å². The Kier molecular flexibility index (Phi) is 6.86. The molecule has 3 amide bonds. The average Bonchev–Trinajstić information content (AvgIpc) is 2.68. The molecule has 6 nitrogen and oxygen atoms in total. The number of amides is 3. The van der Waals surface area contributed by atoms with Crippen LogP contribution in [0.2, 0.25) is 0 Å². The molecule has 1 aliphatic heterocycles. The van der Waals surface area contributed by atoms with Gasteiger partial charge in [-0.15, -0.1) is 12.4 Å². The van der Waals surface area contributed by atoms with Gasteiger partial charge in [-0.05, 0) is 24.3 Å². The highest BCUT2D eigenvalue weighted by atomic mass is 35.5. The van der Waals surface area contributed by atoms with Gasteiger partial charge in [-0.1, -0.05) is 30.3 Å². The van der Waals surface area contributed by atoms with Crippen LogP contribution in [-0.4, -0.2) is 50.1 Å². The lowest BCUT2D eigenvalue weighted by Crippen LogP contribution is -2.52. The Morgan fingerprint density at radius 2 is 1.54 bits per heavy atom. The van der Waals surface area contributed by atoms with Crippen molar-refractivity contribution in [3.05, 3.63) is 60.2 Å². The fourth-order valence-electron chi connectivity index (χ4n) is 2.88. The summed E-state index contributed by atoms with van der Waals surface area (Å²) in [5.74, 6) is 0.442. The second-order valence-electron chi connectivity index (χ2n) is 5.77. The molecule has 2 aromatic carbocycles. The molecule has 2 aromatic rings. The molecular formula is C19H22ClN3O3. The molecule has 1 fully saturated rings. The van der Waals surface area contributed by atoms with E-state index in [1.54, 1.807) is 36.3 Å². The van der Waals surface area contributed by atoms with E-state index < -0.39 is 0 Å². The van der Waals surface area contributed by atoms with Crippen LogP contribution in [0, 0.1) is 0 Å². The summed E-state index contributed by atoms with van der Waals surface area (Å²) in [5, 5.41) is 2.45. The maximum Gasteiger partial charge on any atom is 0.324 e. The van der Waals surface area contributed by atoms with Crippen LogP contribution in [-0.2, 0) is 0 Å². The number of piperazine rings is 1. The molecule has 0 bridgehead atoms. The fraction of sp³-hybridized carbons (Fsp3) is 0.263. The molecule has 0 aliphatic carbocycles. The van der Waals surface area contributed by atoms with Gasteiger partial charge in [0.1, 0.15) is 5.75 Å². The number of nitrogens with one attached hydrogen (secondary N) is 1. The van der Waals surface area contributed by atoms with Gasteiger partial charge < -0.3 is 14.5 Å². The van der Waals surface area contributed by atoms with E-state index >= 15 is 0 Å². The van der Waals surface area contributed by atoms with Gasteiger partial charge in [0.05, 0.1) is 12.8 Å². The number of methoxy groups -OCH3 is 1. The molecule has 1 aliphatic rings. The lowest BCUT2D eigenvalue weighted by atomic mass is 10.2. The van der Waals surface area contributed by atoms with Gasteiger partial charge in [0.2, 0.25) is 0 Å². The first-order chi connectivity index (χ1) is 12.2. The van der Waals surface area contributed by atoms with Crippen molar-refractivity contribution in [2.75, 3.05) is 38.2 Å². The molecule has 0 radical (unpaired) electrons. The van der Waals surface area contributed by atoms with Crippen LogP contribution in [0.3, 0.4) is 0 Å². The van der Waals surface area contributed by atoms with E-state index in [1.807, 2.05) is 30.3 Å². The first-order valence-electron chi connectivity index (χ1n) is 8.22. The molecule has 0 spiro atoms. The molecule has 0 atom stereocenters. The third kappa shape index (κ3) is 4.46. The molecule has 3 rings (SSSR count). The summed E-state index contributed by atoms with van der Waals surface area (Å²) in [6.07, 6.45) is 0. The Morgan fingerprint density at radius 1 is 0.923 bits per heavy atom. The zero-order valence-corrected chi connectivity index (χ0v) is 15.4. The van der Waals surface area contributed by atoms with E-state index in [4.69, 9.17) is 4.74 Å². The van der Waals surface area contributed by atoms with Gasteiger partial charge in [-0.3, -0.25) is 10.1 Å². The van der Waals surface area contributed by atoms with Crippen molar-refractivity contribution in [3.8, 4) is 5.75 Å². The monoisotopic (exact) mass is 375 g/mol. The predicted octanol–water partition coefficient (Wildman–Crippen LogP) is 2.79. The van der Waals surface area contributed by atoms with Crippen molar-refractivity contribution < 1.29 is 14.3 Å². The number of hydrogen-bond acceptors (Lipinski definition) is 4. The molecule has 26 heavy (non-hydrogen) atoms. The highest BCUT2D eigenvalue weighted by Crippen LogP contribution is 2.28. The smallest absolute Gasteiger partial charge is 0.324 e. The maximum absolute atomic E-state index is 12.3. The number of para-hydroxylation sites is 2. The predicted molar refractivity (Wildman–Crippen MR) is 103 cm³/mol. The number of imide groups is 1. The minimum Gasteiger partial charge on any atom is -0.495 e. The van der Waals surface area contributed by atoms with Crippen LogP contribution in [0.15, 0.2) is 54.6 Å². The second-order valence-corrected chi connectivity index (χ2v) is 5.77. The number of nitrogens with zero attached hydrogens (tertiary/aromatic N) is 2. The normalized spacial score (nSPS) is 13.6. The van der Waals surface area contributed by atoms with E-state index in [9.17, 15) is 9.59 Å². The summed E-state index contributed by atoms with van der Waals surface area (Å²) >= 11 is 0. The van der Waals surface area contributed by atoms with E-state index in [-0.39, 0.29) is 24.3 Å². The van der Waals surface area contributed by atoms with Crippen LogP contribution in [0.4, 0.5) is 10.5 Å². The largest absolute Gasteiger partial charge is 0.495 e. The standard InChI is InChI=1S/C19H21N3O3.ClH/c1-25-17-10-6-5-9-16(17)21-11-13-22(14-12-21)19(24)20-18(23)15-7-3-2-4-8-15;/h2-10H,11-14H2,1H3,(H,20,23,24);1H. The zero-order valence-electron chi connectivity index (χ0n) is 14.6. The van der Waals surface area contributed by atoms with Crippen molar-refractivity contribution in [2.45, 2.75) is 0 Å². The third-order valence-electron chi connectivity index (χ3n) is 4.25. The van der Waals surface area contributed by atoms with Gasteiger partial charge in [-0.2, -0.15) is 0 Å². The van der Waals surface area contributed by atoms with Crippen molar-refractivity contribution in [1.82, 2.24) is 10.2 Å². The van der Waals surface area contributed by atoms with E-state index in [0.29, 0.717) is 31.7 Å². The minimum absolute atomic E-state index is 0. The Labute approximate surface area is 159 Å². The van der Waals surface area contributed by atoms with Gasteiger partial charge in [0.25, 0.3) is 5.91 Å². The SMILES string of the molecule is COc1ccccc1N1CCN(C(=O)NC(=O)c2ccccc2)CC1.Cl. The third-order valence-corrected chi connectivity index (χ3v) is 4.25. The quantitative estimate of drug-likeness (QED) is 0.896. The first-order valence-corrected chi connectivity index (χ1v) is 8.22. The Balaban J connectivity index is 0.00000243. The number of carbonyl (C=O) groups excluding carboxylic acids is 2. The van der Waals surface area contributed by atoms with Crippen LogP contribution in [0.25, 0.3) is 0 Å². The Morgan fingerprint density at radius 3 is 2.19 bits per heavy atom. The van der Waals surface area contributed by atoms with Gasteiger partial charge in [-0.25, -0.2) is 4.79 Å². The fourth-order valence-corrected chi connectivity index (χ4v) is 2.88. The number of urea groups is 1. The van der Waals surface area contributed by atoms with E-state index in [1.165, 1.54) is 0 Å². The second kappa shape index (κ2) is 9.10. The van der Waals surface area contributed by atoms with Gasteiger partial charge >= 0.3 is 6.03 Å². The number of benzene rings is 2. The Hall–Kier alpha value is -2.73. The van der Waals surface area contributed by atoms with Crippen LogP contribution in [0.5, 0.6) is 5.75 Å². The lowest BCUT2D eigenvalue weighted by molar-refractivity contribution is 0.0951. The molecule has 1 saturated heterocycles. The Bertz CT molecular complexity index is 747. The molecule has 0 saturated carbocycles. The summed E-state index contributed by atoms with van der Waals surface area (Å²) in [5.41, 5.74) is 1.49. The van der Waals surface area contributed by atoms with Gasteiger partial charge in [0, 0.05) is 31.7 Å². The summed E-state index contributed by atoms with van der Waals surface area (Å²) in [6, 6.07) is 16.2. The highest BCUT2D eigenvalue weighted by Gasteiger charge is 2.24. The van der Waals surface area contributed by atoms with Crippen LogP contribution < -0.4 is 15.0 Å². The van der Waals surface area contributed by atoms with Crippen molar-refractivity contribution in [1.29, 1.82) is 0 Å². The number of anilines is 1. The minimum atomic E-state index is -0.377. The average molecular weight is 376 g/mol. The summed E-state index contributed by atoms with van der Waals surface area (Å²) < 4.78 is 5.40. The molecule has 1 heterocycles. The molecule has 0 aromatic heterocycles. The number of rotatable bonds is 3. The molecule has 7 heteroatoms. The summed E-state index contributed by atoms with van der Waals surface area (Å²) in [6.45, 7) is 2.47. The zero-order chi connectivity index (χ0) is 17.6. The van der Waals surface area contributed by atoms with Crippen molar-refractivity contribution >= 4 is 30.0 Å². The molecule has 1 N–H and O–H groups in total. The van der Waals surface area contributed by atoms with Crippen LogP contribution in [0.1, 0.15) is 10.4 Å². The highest BCUT2D eigenvalue weighted by molar-refractivity contribution is 6.04. The molecule has 0 unspecified atom stereocenters. The molecule has 138 valence electrons. The number of carbonyl (C=O) groups is 2. The number of halogens is 1. The van der Waals surface area contributed by atoms with Crippen molar-refractivity contribution in [2.24, 2.45) is 0 Å². The maximum atomic E-state index is 12.3. The van der Waals surface area contributed by atoms with E-state index in [2.05, 4.69) is 10.2 Å². The lowest BCUT2D eigenvalue weighted by Gasteiger charge is -2.36. The first kappa shape index (κ1) is 19.6. The van der Waals surface area contributed by atoms with Crippen molar-refractivity contribution in [3.63, 3.8) is 0 Å². The topological polar surface area (TPSA) is 61.9 Å². The summed E-state index contributed by atoms with van der Waals surface area (Å²) in [7, 11) is 1.65. The summed E-state index contributed by atoms with van der Waals surface area (Å²) in [4.78, 5) is 28.2. The van der Waals surface area contributed by atoms with Gasteiger partial charge in [0.15, 0.2) is 0 Å².